The summed E-state index contributed by atoms with van der Waals surface area (Å²) >= 11 is 0. The topological polar surface area (TPSA) is 0 Å². The van der Waals surface area contributed by atoms with Gasteiger partial charge in [0.15, 0.2) is 0 Å². The Bertz CT molecular complexity index is 3740. The van der Waals surface area contributed by atoms with E-state index in [0.717, 1.165) is 67.1 Å². The minimum atomic E-state index is 0.430. The molecule has 11 aliphatic carbocycles. The van der Waals surface area contributed by atoms with Gasteiger partial charge < -0.3 is 0 Å². The van der Waals surface area contributed by atoms with Gasteiger partial charge in [0.05, 0.1) is 0 Å². The van der Waals surface area contributed by atoms with Crippen LogP contribution in [0.4, 0.5) is 0 Å². The monoisotopic (exact) mass is 1280 g/mol. The van der Waals surface area contributed by atoms with Gasteiger partial charge in [-0.2, -0.15) is 0 Å². The maximum Gasteiger partial charge on any atom is 0.0281 e. The molecule has 2 fully saturated rings. The Morgan fingerprint density at radius 1 is 0.371 bits per heavy atom. The molecule has 0 bridgehead atoms. The highest BCUT2D eigenvalue weighted by molar-refractivity contribution is 5.63. The summed E-state index contributed by atoms with van der Waals surface area (Å²) in [5, 5.41) is 0. The van der Waals surface area contributed by atoms with Crippen molar-refractivity contribution in [1.29, 1.82) is 0 Å². The summed E-state index contributed by atoms with van der Waals surface area (Å²) in [6, 6.07) is 28.6. The molecule has 14 rings (SSSR count). The molecule has 0 nitrogen and oxygen atoms in total. The lowest BCUT2D eigenvalue weighted by Crippen LogP contribution is -2.19. The standard InChI is InChI=1S/C33H40.C32H38.C32H40/c1-2-3-8-25-13-15-26(16-14-25)23-27-17-19-28(20-18-27)24-30-21-22-32(29-9-5-4-6-10-29)33-12-7-11-31(30)33;1-23(2)27-17-15-25(16-18-27)21-24-11-13-26(14-12-24)22-29-19-20-31(28-7-4-3-5-8-28)32-10-6-9-30(29)32;1-4-24(3)14-15-25(5-2)22-26-16-18-27(19-17-26)23-29-20-21-31(28-10-7-6-8-11-28)32-13-9-12-30(29)32/h5,7,9-12,17-22,25-26,33H,2-4,6,8,13-16,23-24H2,1H3;4,6-14,19-20,23,25,27,32H,3,5,15-18,21-22H2,1-2H3;7,9-13,16-21,24-25,32H,4-6,8,14-15,22-23H2,1-3H3. The van der Waals surface area contributed by atoms with Crippen LogP contribution in [0.1, 0.15) is 210 Å². The molecule has 2 saturated carbocycles. The first-order valence-corrected chi connectivity index (χ1v) is 39.4. The van der Waals surface area contributed by atoms with Crippen molar-refractivity contribution in [3.05, 3.63) is 319 Å². The second-order valence-electron chi connectivity index (χ2n) is 31.3. The highest BCUT2D eigenvalue weighted by atomic mass is 14.4. The molecule has 11 aliphatic rings. The Kier molecular flexibility index (Phi) is 25.3. The predicted molar refractivity (Wildman–Crippen MR) is 419 cm³/mol. The molecule has 0 amide bonds. The Morgan fingerprint density at radius 2 is 0.753 bits per heavy atom. The maximum atomic E-state index is 2.41. The van der Waals surface area contributed by atoms with Gasteiger partial charge in [0.2, 0.25) is 0 Å². The van der Waals surface area contributed by atoms with Gasteiger partial charge in [0.25, 0.3) is 0 Å². The third-order valence-corrected chi connectivity index (χ3v) is 24.2. The van der Waals surface area contributed by atoms with Crippen molar-refractivity contribution >= 4 is 0 Å². The minimum Gasteiger partial charge on any atom is -0.0836 e. The molecule has 3 aromatic carbocycles. The zero-order chi connectivity index (χ0) is 66.7. The van der Waals surface area contributed by atoms with E-state index in [4.69, 9.17) is 0 Å². The quantitative estimate of drug-likeness (QED) is 0.0839. The van der Waals surface area contributed by atoms with Crippen LogP contribution in [0.25, 0.3) is 0 Å². The van der Waals surface area contributed by atoms with E-state index in [0.29, 0.717) is 17.8 Å². The van der Waals surface area contributed by atoms with Crippen LogP contribution in [0.5, 0.6) is 0 Å². The molecule has 0 heteroatoms. The molecule has 0 spiro atoms. The molecule has 0 aliphatic heterocycles. The number of allylic oxidation sites excluding steroid dienone is 36. The largest absolute Gasteiger partial charge is 0.0836 e. The predicted octanol–water partition coefficient (Wildman–Crippen LogP) is 26.4. The van der Waals surface area contributed by atoms with Crippen molar-refractivity contribution in [3.63, 3.8) is 0 Å². The van der Waals surface area contributed by atoms with Gasteiger partial charge in [0.1, 0.15) is 0 Å². The summed E-state index contributed by atoms with van der Waals surface area (Å²) in [7, 11) is 0. The van der Waals surface area contributed by atoms with Crippen LogP contribution in [0.2, 0.25) is 0 Å². The number of benzene rings is 3. The van der Waals surface area contributed by atoms with Gasteiger partial charge in [-0.25, -0.2) is 0 Å². The van der Waals surface area contributed by atoms with E-state index in [2.05, 4.69) is 260 Å². The van der Waals surface area contributed by atoms with Crippen molar-refractivity contribution in [3.8, 4) is 0 Å². The van der Waals surface area contributed by atoms with E-state index in [1.54, 1.807) is 0 Å². The first-order chi connectivity index (χ1) is 47.6. The van der Waals surface area contributed by atoms with Crippen molar-refractivity contribution in [2.24, 2.45) is 59.2 Å². The Balaban J connectivity index is 0.000000139. The molecular formula is C97H118. The van der Waals surface area contributed by atoms with Crippen LogP contribution in [0.3, 0.4) is 0 Å². The van der Waals surface area contributed by atoms with Crippen LogP contribution in [-0.2, 0) is 38.5 Å². The van der Waals surface area contributed by atoms with E-state index >= 15 is 0 Å². The fourth-order valence-corrected chi connectivity index (χ4v) is 17.6. The molecule has 0 radical (unpaired) electrons. The fourth-order valence-electron chi connectivity index (χ4n) is 17.6. The number of unbranched alkanes of at least 4 members (excludes halogenated alkanes) is 1. The highest BCUT2D eigenvalue weighted by Crippen LogP contribution is 2.45. The van der Waals surface area contributed by atoms with Crippen molar-refractivity contribution in [2.75, 3.05) is 0 Å². The number of rotatable bonds is 24. The fraction of sp³-hybridized carbons (Fsp3) is 0.443. The molecule has 506 valence electrons. The first-order valence-electron chi connectivity index (χ1n) is 39.4. The number of fused-ring (bicyclic) bond motifs is 3. The van der Waals surface area contributed by atoms with Crippen molar-refractivity contribution < 1.29 is 0 Å². The Morgan fingerprint density at radius 3 is 1.11 bits per heavy atom. The third-order valence-electron chi connectivity index (χ3n) is 24.2. The summed E-state index contributed by atoms with van der Waals surface area (Å²) in [6.45, 7) is 14.2. The van der Waals surface area contributed by atoms with E-state index in [-0.39, 0.29) is 0 Å². The molecule has 0 N–H and O–H groups in total. The lowest BCUT2D eigenvalue weighted by molar-refractivity contribution is 0.223. The maximum absolute atomic E-state index is 2.41. The van der Waals surface area contributed by atoms with Gasteiger partial charge in [-0.3, -0.25) is 0 Å². The lowest BCUT2D eigenvalue weighted by atomic mass is 9.75. The van der Waals surface area contributed by atoms with E-state index in [1.807, 2.05) is 0 Å². The average Bonchev–Trinajstić information content (AvgIpc) is 1.77. The average molecular weight is 1280 g/mol. The molecule has 97 heavy (non-hydrogen) atoms. The first kappa shape index (κ1) is 69.9. The van der Waals surface area contributed by atoms with E-state index in [9.17, 15) is 0 Å². The van der Waals surface area contributed by atoms with Gasteiger partial charge in [-0.05, 0) is 264 Å². The van der Waals surface area contributed by atoms with E-state index in [1.165, 1.54) is 248 Å². The summed E-state index contributed by atoms with van der Waals surface area (Å²) < 4.78 is 0. The number of hydrogen-bond acceptors (Lipinski definition) is 0. The minimum absolute atomic E-state index is 0.430. The summed E-state index contributed by atoms with van der Waals surface area (Å²) in [4.78, 5) is 0. The Labute approximate surface area is 589 Å². The zero-order valence-corrected chi connectivity index (χ0v) is 60.6. The van der Waals surface area contributed by atoms with Crippen molar-refractivity contribution in [2.45, 2.75) is 215 Å². The second-order valence-corrected chi connectivity index (χ2v) is 31.3. The lowest BCUT2D eigenvalue weighted by Gasteiger charge is -2.31. The molecule has 5 atom stereocenters. The smallest absolute Gasteiger partial charge is 0.0281 e. The molecule has 0 heterocycles. The number of hydrogen-bond donors (Lipinski definition) is 0. The van der Waals surface area contributed by atoms with Crippen molar-refractivity contribution in [1.82, 2.24) is 0 Å². The van der Waals surface area contributed by atoms with Crippen LogP contribution in [-0.4, -0.2) is 0 Å². The van der Waals surface area contributed by atoms with Crippen LogP contribution < -0.4 is 0 Å². The second kappa shape index (κ2) is 35.2. The van der Waals surface area contributed by atoms with Gasteiger partial charge in [-0.15, -0.1) is 0 Å². The van der Waals surface area contributed by atoms with Gasteiger partial charge >= 0.3 is 0 Å². The van der Waals surface area contributed by atoms with Crippen LogP contribution >= 0.6 is 0 Å². The summed E-state index contributed by atoms with van der Waals surface area (Å²) in [6.07, 6.45) is 91.1. The van der Waals surface area contributed by atoms with Gasteiger partial charge in [-0.1, -0.05) is 312 Å². The van der Waals surface area contributed by atoms with Gasteiger partial charge in [0, 0.05) is 17.8 Å². The molecule has 0 aromatic heterocycles. The normalized spacial score (nSPS) is 25.0. The van der Waals surface area contributed by atoms with Crippen LogP contribution in [0.15, 0.2) is 285 Å². The summed E-state index contributed by atoms with van der Waals surface area (Å²) in [5.74, 6) is 7.59. The zero-order valence-electron chi connectivity index (χ0n) is 60.6. The molecule has 5 unspecified atom stereocenters. The molecule has 3 aromatic rings. The summed E-state index contributed by atoms with van der Waals surface area (Å²) in [5.41, 5.74) is 26.4. The Hall–Kier alpha value is -7.02. The SMILES string of the molecule is CC(C)C1CCC(Cc2ccc(CC3=CC=C(C4=CCCC=C4)C4C=CC=C34)cc2)CC1.CCC(C)CCC(CC)Cc1ccc(CC2=CC=C(C3=CCCC=C3)C3C=CC=C23)cc1.CCCCC1CCC(Cc2ccc(CC3=CC=C(C4=CCCC=C4)C4C=CC=C34)cc2)CC1. The molecular weight excluding hydrogens is 1170 g/mol. The van der Waals surface area contributed by atoms with Crippen LogP contribution in [0, 0.1) is 59.2 Å². The molecule has 0 saturated heterocycles. The third kappa shape index (κ3) is 18.8. The van der Waals surface area contributed by atoms with E-state index < -0.39 is 0 Å². The highest BCUT2D eigenvalue weighted by Gasteiger charge is 2.31.